The van der Waals surface area contributed by atoms with Gasteiger partial charge in [0, 0.05) is 5.02 Å². The standard InChI is InChI=1S/C13H10Cl2N4OS/c14-8-3-4-10(15)11(6-8)18-12(20)19-13-17-7-9(21-13)2-1-5-16/h3-4,6-7H,5,16H2,(H2,17,18,19,20). The molecule has 0 bridgehead atoms. The number of aromatic nitrogens is 1. The zero-order valence-electron chi connectivity index (χ0n) is 10.6. The molecular formula is C13H10Cl2N4OS. The Morgan fingerprint density at radius 3 is 2.95 bits per heavy atom. The molecule has 0 saturated carbocycles. The van der Waals surface area contributed by atoms with Crippen LogP contribution in [0.3, 0.4) is 0 Å². The van der Waals surface area contributed by atoms with Crippen LogP contribution in [0.4, 0.5) is 15.6 Å². The SMILES string of the molecule is NCC#Cc1cnc(NC(=O)Nc2cc(Cl)ccc2Cl)s1. The van der Waals surface area contributed by atoms with Gasteiger partial charge in [-0.2, -0.15) is 0 Å². The monoisotopic (exact) mass is 340 g/mol. The molecule has 0 unspecified atom stereocenters. The lowest BCUT2D eigenvalue weighted by Gasteiger charge is -2.07. The zero-order chi connectivity index (χ0) is 15.2. The topological polar surface area (TPSA) is 80.0 Å². The van der Waals surface area contributed by atoms with Gasteiger partial charge in [-0.15, -0.1) is 0 Å². The van der Waals surface area contributed by atoms with Crippen LogP contribution >= 0.6 is 34.5 Å². The molecule has 1 aromatic carbocycles. The first-order valence-corrected chi connectivity index (χ1v) is 7.33. The summed E-state index contributed by atoms with van der Waals surface area (Å²) < 4.78 is 0. The van der Waals surface area contributed by atoms with Crippen molar-refractivity contribution in [3.05, 3.63) is 39.3 Å². The molecule has 5 nitrogen and oxygen atoms in total. The Bertz CT molecular complexity index is 720. The summed E-state index contributed by atoms with van der Waals surface area (Å²) in [7, 11) is 0. The molecule has 0 saturated heterocycles. The first-order valence-electron chi connectivity index (χ1n) is 5.76. The molecule has 2 rings (SSSR count). The highest BCUT2D eigenvalue weighted by Crippen LogP contribution is 2.25. The van der Waals surface area contributed by atoms with Crippen molar-refractivity contribution in [3.63, 3.8) is 0 Å². The van der Waals surface area contributed by atoms with Crippen molar-refractivity contribution < 1.29 is 4.79 Å². The number of thiazole rings is 1. The van der Waals surface area contributed by atoms with Gasteiger partial charge < -0.3 is 11.1 Å². The maximum atomic E-state index is 11.9. The lowest BCUT2D eigenvalue weighted by Crippen LogP contribution is -2.19. The average Bonchev–Trinajstić information content (AvgIpc) is 2.88. The summed E-state index contributed by atoms with van der Waals surface area (Å²) in [6, 6.07) is 4.33. The van der Waals surface area contributed by atoms with Crippen LogP contribution in [-0.4, -0.2) is 17.6 Å². The summed E-state index contributed by atoms with van der Waals surface area (Å²) in [5.74, 6) is 5.55. The molecule has 0 fully saturated rings. The highest BCUT2D eigenvalue weighted by Gasteiger charge is 2.08. The summed E-state index contributed by atoms with van der Waals surface area (Å²) >= 11 is 13.1. The number of amides is 2. The Labute approximate surface area is 135 Å². The fourth-order valence-electron chi connectivity index (χ4n) is 1.37. The van der Waals surface area contributed by atoms with Crippen LogP contribution in [0.5, 0.6) is 0 Å². The number of urea groups is 1. The van der Waals surface area contributed by atoms with E-state index in [-0.39, 0.29) is 6.54 Å². The summed E-state index contributed by atoms with van der Waals surface area (Å²) in [5.41, 5.74) is 5.70. The number of rotatable bonds is 2. The lowest BCUT2D eigenvalue weighted by atomic mass is 10.3. The maximum Gasteiger partial charge on any atom is 0.325 e. The fraction of sp³-hybridized carbons (Fsp3) is 0.0769. The molecular weight excluding hydrogens is 331 g/mol. The van der Waals surface area contributed by atoms with Gasteiger partial charge in [-0.3, -0.25) is 5.32 Å². The van der Waals surface area contributed by atoms with Crippen molar-refractivity contribution >= 4 is 51.4 Å². The third-order valence-corrected chi connectivity index (χ3v) is 3.61. The second kappa shape index (κ2) is 7.29. The van der Waals surface area contributed by atoms with E-state index in [9.17, 15) is 4.79 Å². The van der Waals surface area contributed by atoms with Gasteiger partial charge in [0.2, 0.25) is 0 Å². The smallest absolute Gasteiger partial charge is 0.320 e. The molecule has 4 N–H and O–H groups in total. The largest absolute Gasteiger partial charge is 0.325 e. The average molecular weight is 341 g/mol. The zero-order valence-corrected chi connectivity index (χ0v) is 12.9. The van der Waals surface area contributed by atoms with Crippen LogP contribution in [0.2, 0.25) is 10.0 Å². The number of hydrogen-bond acceptors (Lipinski definition) is 4. The lowest BCUT2D eigenvalue weighted by molar-refractivity contribution is 0.262. The number of nitrogens with zero attached hydrogens (tertiary/aromatic N) is 1. The predicted octanol–water partition coefficient (Wildman–Crippen LogP) is 3.40. The van der Waals surface area contributed by atoms with Crippen molar-refractivity contribution in [1.29, 1.82) is 0 Å². The molecule has 0 aliphatic carbocycles. The van der Waals surface area contributed by atoms with Crippen LogP contribution < -0.4 is 16.4 Å². The van der Waals surface area contributed by atoms with Gasteiger partial charge >= 0.3 is 6.03 Å². The maximum absolute atomic E-state index is 11.9. The van der Waals surface area contributed by atoms with E-state index in [0.29, 0.717) is 20.9 Å². The summed E-state index contributed by atoms with van der Waals surface area (Å²) in [6.45, 7) is 0.272. The van der Waals surface area contributed by atoms with Crippen LogP contribution in [0.25, 0.3) is 0 Å². The molecule has 0 spiro atoms. The van der Waals surface area contributed by atoms with Gasteiger partial charge in [0.05, 0.1) is 28.3 Å². The van der Waals surface area contributed by atoms with E-state index in [2.05, 4.69) is 27.5 Å². The van der Waals surface area contributed by atoms with Crippen molar-refractivity contribution in [2.24, 2.45) is 5.73 Å². The van der Waals surface area contributed by atoms with Gasteiger partial charge in [0.15, 0.2) is 5.13 Å². The summed E-state index contributed by atoms with van der Waals surface area (Å²) in [5, 5.41) is 6.48. The van der Waals surface area contributed by atoms with Crippen LogP contribution in [0.15, 0.2) is 24.4 Å². The van der Waals surface area contributed by atoms with Crippen LogP contribution in [0.1, 0.15) is 4.88 Å². The molecule has 0 aliphatic heterocycles. The van der Waals surface area contributed by atoms with Gasteiger partial charge in [0.25, 0.3) is 0 Å². The minimum absolute atomic E-state index is 0.272. The predicted molar refractivity (Wildman–Crippen MR) is 87.1 cm³/mol. The number of nitrogens with two attached hydrogens (primary N) is 1. The van der Waals surface area contributed by atoms with E-state index < -0.39 is 6.03 Å². The Morgan fingerprint density at radius 2 is 2.19 bits per heavy atom. The number of nitrogens with one attached hydrogen (secondary N) is 2. The minimum Gasteiger partial charge on any atom is -0.320 e. The van der Waals surface area contributed by atoms with Gasteiger partial charge in [-0.1, -0.05) is 46.4 Å². The van der Waals surface area contributed by atoms with Gasteiger partial charge in [0.1, 0.15) is 0 Å². The fourth-order valence-corrected chi connectivity index (χ4v) is 2.39. The molecule has 2 aromatic rings. The summed E-state index contributed by atoms with van der Waals surface area (Å²) in [6.07, 6.45) is 1.56. The highest BCUT2D eigenvalue weighted by molar-refractivity contribution is 7.16. The summed E-state index contributed by atoms with van der Waals surface area (Å²) in [4.78, 5) is 16.6. The van der Waals surface area contributed by atoms with Gasteiger partial charge in [-0.25, -0.2) is 9.78 Å². The Balaban J connectivity index is 2.01. The Kier molecular flexibility index (Phi) is 5.42. The molecule has 8 heteroatoms. The normalized spacial score (nSPS) is 9.67. The van der Waals surface area contributed by atoms with Gasteiger partial charge in [-0.05, 0) is 18.2 Å². The van der Waals surface area contributed by atoms with E-state index >= 15 is 0 Å². The highest BCUT2D eigenvalue weighted by atomic mass is 35.5. The molecule has 1 aromatic heterocycles. The molecule has 108 valence electrons. The van der Waals surface area contributed by atoms with Crippen molar-refractivity contribution in [3.8, 4) is 11.8 Å². The minimum atomic E-state index is -0.466. The first-order chi connectivity index (χ1) is 10.1. The second-order valence-corrected chi connectivity index (χ2v) is 5.61. The Hall–Kier alpha value is -1.78. The number of halogens is 2. The van der Waals surface area contributed by atoms with Crippen molar-refractivity contribution in [2.75, 3.05) is 17.2 Å². The van der Waals surface area contributed by atoms with E-state index in [0.717, 1.165) is 4.88 Å². The number of hydrogen-bond donors (Lipinski definition) is 3. The molecule has 1 heterocycles. The molecule has 21 heavy (non-hydrogen) atoms. The molecule has 0 aliphatic rings. The third kappa shape index (κ3) is 4.62. The Morgan fingerprint density at radius 1 is 1.38 bits per heavy atom. The first kappa shape index (κ1) is 15.6. The van der Waals surface area contributed by atoms with Crippen LogP contribution in [0, 0.1) is 11.8 Å². The number of carbonyl (C=O) groups excluding carboxylic acids is 1. The van der Waals surface area contributed by atoms with Crippen molar-refractivity contribution in [2.45, 2.75) is 0 Å². The van der Waals surface area contributed by atoms with Crippen LogP contribution in [-0.2, 0) is 0 Å². The number of benzene rings is 1. The molecule has 2 amide bonds. The van der Waals surface area contributed by atoms with E-state index in [1.807, 2.05) is 0 Å². The van der Waals surface area contributed by atoms with E-state index in [1.54, 1.807) is 24.4 Å². The molecule has 0 radical (unpaired) electrons. The molecule has 0 atom stereocenters. The second-order valence-electron chi connectivity index (χ2n) is 3.74. The number of carbonyl (C=O) groups is 1. The van der Waals surface area contributed by atoms with E-state index in [4.69, 9.17) is 28.9 Å². The third-order valence-electron chi connectivity index (χ3n) is 2.22. The number of anilines is 2. The van der Waals surface area contributed by atoms with E-state index in [1.165, 1.54) is 11.3 Å². The van der Waals surface area contributed by atoms with Crippen molar-refractivity contribution in [1.82, 2.24) is 4.98 Å². The quantitative estimate of drug-likeness (QED) is 0.733.